The van der Waals surface area contributed by atoms with Crippen molar-refractivity contribution in [3.63, 3.8) is 0 Å². The zero-order valence-electron chi connectivity index (χ0n) is 28.0. The summed E-state index contributed by atoms with van der Waals surface area (Å²) in [7, 11) is 0. The maximum atomic E-state index is 13.9. The SMILES string of the molecule is C=CCCCCC[C@H](NC(=O)OC(C)(C)C)C(=O)N1CC(Oc2nc(-c3ccc(C(F)(F)F)cc3)nc3c2oc2ccccc23)C[C@H]1C(=O)O. The fraction of sp³-hybridized carbons (Fsp3) is 0.417. The van der Waals surface area contributed by atoms with Gasteiger partial charge in [0.2, 0.25) is 11.5 Å². The van der Waals surface area contributed by atoms with Crippen LogP contribution in [-0.2, 0) is 20.5 Å². The van der Waals surface area contributed by atoms with Crippen LogP contribution >= 0.6 is 0 Å². The summed E-state index contributed by atoms with van der Waals surface area (Å²) in [5.41, 5.74) is -0.412. The quantitative estimate of drug-likeness (QED) is 0.113. The van der Waals surface area contributed by atoms with Crippen LogP contribution in [0, 0.1) is 0 Å². The summed E-state index contributed by atoms with van der Waals surface area (Å²) in [4.78, 5) is 49.4. The smallest absolute Gasteiger partial charge is 0.416 e. The van der Waals surface area contributed by atoms with E-state index in [1.165, 1.54) is 17.0 Å². The van der Waals surface area contributed by atoms with Crippen LogP contribution < -0.4 is 10.1 Å². The number of fused-ring (bicyclic) bond motifs is 3. The van der Waals surface area contributed by atoms with E-state index in [2.05, 4.69) is 21.9 Å². The van der Waals surface area contributed by atoms with Crippen molar-refractivity contribution in [1.29, 1.82) is 0 Å². The minimum absolute atomic E-state index is 0.0600. The van der Waals surface area contributed by atoms with E-state index in [0.717, 1.165) is 31.4 Å². The number of carboxylic acids is 1. The first kappa shape index (κ1) is 36.1. The monoisotopic (exact) mass is 696 g/mol. The number of carbonyl (C=O) groups excluding carboxylic acids is 2. The van der Waals surface area contributed by atoms with Crippen LogP contribution in [0.15, 0.2) is 65.6 Å². The summed E-state index contributed by atoms with van der Waals surface area (Å²) < 4.78 is 57.4. The highest BCUT2D eigenvalue weighted by Crippen LogP contribution is 2.37. The van der Waals surface area contributed by atoms with Gasteiger partial charge in [0.05, 0.1) is 12.1 Å². The second-order valence-electron chi connectivity index (χ2n) is 13.1. The second kappa shape index (κ2) is 14.8. The lowest BCUT2D eigenvalue weighted by molar-refractivity contribution is -0.149. The van der Waals surface area contributed by atoms with Gasteiger partial charge in [-0.15, -0.1) is 6.58 Å². The summed E-state index contributed by atoms with van der Waals surface area (Å²) in [5, 5.41) is 13.4. The number of aromatic nitrogens is 2. The van der Waals surface area contributed by atoms with Crippen LogP contribution in [0.5, 0.6) is 5.88 Å². The summed E-state index contributed by atoms with van der Waals surface area (Å²) in [5.74, 6) is -1.85. The largest absolute Gasteiger partial charge is 0.480 e. The highest BCUT2D eigenvalue weighted by molar-refractivity contribution is 6.04. The first-order chi connectivity index (χ1) is 23.6. The van der Waals surface area contributed by atoms with E-state index >= 15 is 0 Å². The van der Waals surface area contributed by atoms with Crippen molar-refractivity contribution in [2.45, 2.75) is 89.3 Å². The number of hydrogen-bond donors (Lipinski definition) is 2. The van der Waals surface area contributed by atoms with Gasteiger partial charge in [0.25, 0.3) is 5.88 Å². The fourth-order valence-corrected chi connectivity index (χ4v) is 5.82. The number of benzene rings is 2. The standard InChI is InChI=1S/C36H39F3N4O7/c1-5-6-7-8-9-13-25(40-34(47)50-35(2,3)4)32(44)43-20-23(19-26(43)33(45)46)48-31-29-28(24-12-10-11-14-27(24)49-29)41-30(42-31)21-15-17-22(18-16-21)36(37,38)39/h5,10-12,14-18,23,25-26H,1,6-9,13,19-20H2,2-4H3,(H,40,47)(H,45,46)/t23?,25-,26-/m0/s1. The first-order valence-corrected chi connectivity index (χ1v) is 16.3. The molecule has 1 unspecified atom stereocenters. The molecule has 5 rings (SSSR count). The Hall–Kier alpha value is -5.14. The Morgan fingerprint density at radius 1 is 1.08 bits per heavy atom. The molecule has 2 N–H and O–H groups in total. The number of aliphatic carboxylic acids is 1. The third-order valence-corrected chi connectivity index (χ3v) is 8.16. The number of carboxylic acid groups (broad SMARTS) is 1. The molecule has 1 aliphatic heterocycles. The molecular weight excluding hydrogens is 657 g/mol. The number of halogens is 3. The van der Waals surface area contributed by atoms with E-state index in [9.17, 15) is 32.7 Å². The van der Waals surface area contributed by atoms with E-state index in [4.69, 9.17) is 13.9 Å². The van der Waals surface area contributed by atoms with Crippen LogP contribution in [0.2, 0.25) is 0 Å². The van der Waals surface area contributed by atoms with Gasteiger partial charge in [0, 0.05) is 17.4 Å². The van der Waals surface area contributed by atoms with Crippen LogP contribution in [-0.4, -0.2) is 68.3 Å². The molecular formula is C36H39F3N4O7. The van der Waals surface area contributed by atoms with Crippen molar-refractivity contribution in [1.82, 2.24) is 20.2 Å². The van der Waals surface area contributed by atoms with Crippen molar-refractivity contribution in [2.75, 3.05) is 6.54 Å². The molecule has 1 saturated heterocycles. The number of alkyl halides is 3. The van der Waals surface area contributed by atoms with Gasteiger partial charge >= 0.3 is 18.2 Å². The molecule has 50 heavy (non-hydrogen) atoms. The molecule has 3 heterocycles. The molecule has 2 aromatic carbocycles. The number of rotatable bonds is 12. The molecule has 0 bridgehead atoms. The molecule has 0 saturated carbocycles. The molecule has 11 nitrogen and oxygen atoms in total. The van der Waals surface area contributed by atoms with Gasteiger partial charge in [0.1, 0.15) is 34.9 Å². The number of nitrogens with zero attached hydrogens (tertiary/aromatic N) is 3. The number of hydrogen-bond acceptors (Lipinski definition) is 8. The Morgan fingerprint density at radius 3 is 2.46 bits per heavy atom. The zero-order chi connectivity index (χ0) is 36.2. The number of furan rings is 1. The number of amides is 2. The molecule has 4 aromatic rings. The lowest BCUT2D eigenvalue weighted by Gasteiger charge is -2.28. The number of allylic oxidation sites excluding steroid dienone is 1. The number of unbranched alkanes of at least 4 members (excludes halogenated alkanes) is 3. The number of ether oxygens (including phenoxy) is 2. The van der Waals surface area contributed by atoms with E-state index in [1.54, 1.807) is 51.1 Å². The number of para-hydroxylation sites is 1. The lowest BCUT2D eigenvalue weighted by Crippen LogP contribution is -2.52. The number of likely N-dealkylation sites (tertiary alicyclic amines) is 1. The van der Waals surface area contributed by atoms with Crippen molar-refractivity contribution in [3.05, 3.63) is 66.7 Å². The molecule has 0 radical (unpaired) electrons. The zero-order valence-corrected chi connectivity index (χ0v) is 28.0. The van der Waals surface area contributed by atoms with Gasteiger partial charge in [-0.25, -0.2) is 14.6 Å². The van der Waals surface area contributed by atoms with Crippen molar-refractivity contribution < 1.29 is 46.6 Å². The Morgan fingerprint density at radius 2 is 1.80 bits per heavy atom. The Balaban J connectivity index is 1.44. The van der Waals surface area contributed by atoms with Crippen molar-refractivity contribution in [2.24, 2.45) is 0 Å². The van der Waals surface area contributed by atoms with Gasteiger partial charge in [-0.05, 0) is 64.3 Å². The average molecular weight is 697 g/mol. The highest BCUT2D eigenvalue weighted by atomic mass is 19.4. The molecule has 266 valence electrons. The topological polar surface area (TPSA) is 144 Å². The summed E-state index contributed by atoms with van der Waals surface area (Å²) >= 11 is 0. The Labute approximate surface area is 286 Å². The number of carbonyl (C=O) groups is 3. The normalized spacial score (nSPS) is 17.1. The molecule has 0 spiro atoms. The van der Waals surface area contributed by atoms with Gasteiger partial charge < -0.3 is 29.2 Å². The number of alkyl carbamates (subject to hydrolysis) is 1. The lowest BCUT2D eigenvalue weighted by atomic mass is 10.1. The van der Waals surface area contributed by atoms with Crippen molar-refractivity contribution in [3.8, 4) is 17.3 Å². The van der Waals surface area contributed by atoms with E-state index in [1.807, 2.05) is 0 Å². The van der Waals surface area contributed by atoms with Crippen LogP contribution in [0.25, 0.3) is 33.5 Å². The molecule has 1 aliphatic rings. The predicted octanol–water partition coefficient (Wildman–Crippen LogP) is 7.52. The third kappa shape index (κ3) is 8.52. The third-order valence-electron chi connectivity index (χ3n) is 8.16. The average Bonchev–Trinajstić information content (AvgIpc) is 3.65. The molecule has 14 heteroatoms. The number of nitrogens with one attached hydrogen (secondary N) is 1. The highest BCUT2D eigenvalue weighted by Gasteiger charge is 2.44. The minimum atomic E-state index is -4.53. The maximum Gasteiger partial charge on any atom is 0.416 e. The predicted molar refractivity (Wildman–Crippen MR) is 178 cm³/mol. The van der Waals surface area contributed by atoms with Gasteiger partial charge in [-0.2, -0.15) is 18.2 Å². The van der Waals surface area contributed by atoms with Gasteiger partial charge in [-0.3, -0.25) is 4.79 Å². The molecule has 0 aliphatic carbocycles. The van der Waals surface area contributed by atoms with E-state index < -0.39 is 53.5 Å². The fourth-order valence-electron chi connectivity index (χ4n) is 5.82. The van der Waals surface area contributed by atoms with Gasteiger partial charge in [-0.1, -0.05) is 43.2 Å². The molecule has 1 fully saturated rings. The Bertz CT molecular complexity index is 1870. The second-order valence-corrected chi connectivity index (χ2v) is 13.1. The van der Waals surface area contributed by atoms with Crippen LogP contribution in [0.4, 0.5) is 18.0 Å². The van der Waals surface area contributed by atoms with E-state index in [0.29, 0.717) is 22.9 Å². The summed E-state index contributed by atoms with van der Waals surface area (Å²) in [6.07, 6.45) is -1.26. The summed E-state index contributed by atoms with van der Waals surface area (Å²) in [6.45, 7) is 8.64. The van der Waals surface area contributed by atoms with E-state index in [-0.39, 0.29) is 42.2 Å². The van der Waals surface area contributed by atoms with Crippen LogP contribution in [0.3, 0.4) is 0 Å². The first-order valence-electron chi connectivity index (χ1n) is 16.3. The van der Waals surface area contributed by atoms with Gasteiger partial charge in [0.15, 0.2) is 5.82 Å². The Kier molecular flexibility index (Phi) is 10.7. The van der Waals surface area contributed by atoms with Crippen LogP contribution in [0.1, 0.15) is 64.9 Å². The molecule has 2 amide bonds. The molecule has 3 atom stereocenters. The minimum Gasteiger partial charge on any atom is -0.480 e. The summed E-state index contributed by atoms with van der Waals surface area (Å²) in [6, 6.07) is 9.03. The molecule has 2 aromatic heterocycles. The maximum absolute atomic E-state index is 13.9. The van der Waals surface area contributed by atoms with Crippen molar-refractivity contribution >= 4 is 40.0 Å².